The normalized spacial score (nSPS) is 14.9. The summed E-state index contributed by atoms with van der Waals surface area (Å²) in [6.07, 6.45) is 0.722. The lowest BCUT2D eigenvalue weighted by atomic mass is 9.70. The van der Waals surface area contributed by atoms with E-state index in [2.05, 4.69) is 48.5 Å². The molecule has 0 fully saturated rings. The van der Waals surface area contributed by atoms with Gasteiger partial charge < -0.3 is 0 Å². The van der Waals surface area contributed by atoms with Crippen molar-refractivity contribution in [3.8, 4) is 0 Å². The molecule has 0 aliphatic rings. The number of carbonyl (C=O) groups is 1. The fourth-order valence-corrected chi connectivity index (χ4v) is 2.38. The largest absolute Gasteiger partial charge is 0.299 e. The lowest BCUT2D eigenvalue weighted by Gasteiger charge is -2.33. The monoisotopic (exact) mass is 198 g/mol. The van der Waals surface area contributed by atoms with Gasteiger partial charge in [-0.2, -0.15) is 0 Å². The first-order valence-electron chi connectivity index (χ1n) is 5.69. The van der Waals surface area contributed by atoms with E-state index < -0.39 is 0 Å². The number of rotatable bonds is 4. The van der Waals surface area contributed by atoms with Gasteiger partial charge in [-0.3, -0.25) is 4.79 Å². The van der Waals surface area contributed by atoms with Crippen molar-refractivity contribution in [2.75, 3.05) is 0 Å². The summed E-state index contributed by atoms with van der Waals surface area (Å²) >= 11 is 0. The summed E-state index contributed by atoms with van der Waals surface area (Å²) in [5, 5.41) is 0. The second-order valence-electron chi connectivity index (χ2n) is 6.15. The Kier molecular flexibility index (Phi) is 4.83. The first kappa shape index (κ1) is 13.7. The summed E-state index contributed by atoms with van der Waals surface area (Å²) in [6.45, 7) is 15.0. The van der Waals surface area contributed by atoms with E-state index in [1.54, 1.807) is 0 Å². The van der Waals surface area contributed by atoms with Crippen molar-refractivity contribution >= 4 is 5.78 Å². The van der Waals surface area contributed by atoms with E-state index >= 15 is 0 Å². The van der Waals surface area contributed by atoms with Crippen LogP contribution < -0.4 is 0 Å². The molecule has 0 spiro atoms. The van der Waals surface area contributed by atoms with Crippen LogP contribution >= 0.6 is 0 Å². The Morgan fingerprint density at radius 3 is 1.71 bits per heavy atom. The van der Waals surface area contributed by atoms with Crippen molar-refractivity contribution in [2.45, 2.75) is 54.9 Å². The van der Waals surface area contributed by atoms with Crippen LogP contribution in [-0.2, 0) is 4.79 Å². The first-order valence-corrected chi connectivity index (χ1v) is 5.69. The van der Waals surface area contributed by atoms with Gasteiger partial charge in [0.15, 0.2) is 0 Å². The molecular formula is C13H26O. The molecule has 0 radical (unpaired) electrons. The molecule has 0 N–H and O–H groups in total. The fourth-order valence-electron chi connectivity index (χ4n) is 2.38. The zero-order chi connectivity index (χ0) is 11.5. The molecular weight excluding hydrogens is 172 g/mol. The van der Waals surface area contributed by atoms with Crippen molar-refractivity contribution in [3.05, 3.63) is 0 Å². The molecule has 84 valence electrons. The second-order valence-corrected chi connectivity index (χ2v) is 6.15. The maximum Gasteiger partial charge on any atom is 0.137 e. The average Bonchev–Trinajstić information content (AvgIpc) is 1.78. The SMILES string of the molecule is CC(C)CC(=O)C(C(C)C)C(C)(C)C. The van der Waals surface area contributed by atoms with E-state index in [9.17, 15) is 4.79 Å². The maximum absolute atomic E-state index is 12.0. The molecule has 0 aliphatic heterocycles. The zero-order valence-electron chi connectivity index (χ0n) is 10.8. The number of Topliss-reactive ketones (excluding diaryl/α,β-unsaturated/α-hetero) is 1. The van der Waals surface area contributed by atoms with Gasteiger partial charge >= 0.3 is 0 Å². The zero-order valence-corrected chi connectivity index (χ0v) is 10.8. The summed E-state index contributed by atoms with van der Waals surface area (Å²) in [6, 6.07) is 0. The Morgan fingerprint density at radius 2 is 1.50 bits per heavy atom. The Bertz CT molecular complexity index is 184. The molecule has 1 nitrogen and oxygen atoms in total. The molecule has 0 bridgehead atoms. The highest BCUT2D eigenvalue weighted by atomic mass is 16.1. The van der Waals surface area contributed by atoms with Crippen LogP contribution in [0.1, 0.15) is 54.9 Å². The molecule has 14 heavy (non-hydrogen) atoms. The minimum Gasteiger partial charge on any atom is -0.299 e. The highest BCUT2D eigenvalue weighted by Crippen LogP contribution is 2.34. The summed E-state index contributed by atoms with van der Waals surface area (Å²) in [7, 11) is 0. The smallest absolute Gasteiger partial charge is 0.137 e. The van der Waals surface area contributed by atoms with Gasteiger partial charge in [0.1, 0.15) is 5.78 Å². The van der Waals surface area contributed by atoms with E-state index in [4.69, 9.17) is 0 Å². The fraction of sp³-hybridized carbons (Fsp3) is 0.923. The third-order valence-corrected chi connectivity index (χ3v) is 2.56. The first-order chi connectivity index (χ1) is 6.16. The third kappa shape index (κ3) is 4.26. The van der Waals surface area contributed by atoms with Crippen LogP contribution in [0.5, 0.6) is 0 Å². The molecule has 1 unspecified atom stereocenters. The number of hydrogen-bond acceptors (Lipinski definition) is 1. The van der Waals surface area contributed by atoms with E-state index in [-0.39, 0.29) is 11.3 Å². The van der Waals surface area contributed by atoms with Crippen molar-refractivity contribution in [1.29, 1.82) is 0 Å². The van der Waals surface area contributed by atoms with Crippen molar-refractivity contribution in [2.24, 2.45) is 23.2 Å². The van der Waals surface area contributed by atoms with Crippen LogP contribution in [0.4, 0.5) is 0 Å². The van der Waals surface area contributed by atoms with Crippen LogP contribution in [0.25, 0.3) is 0 Å². The minimum atomic E-state index is 0.0974. The van der Waals surface area contributed by atoms with Gasteiger partial charge in [0.05, 0.1) is 0 Å². The molecule has 0 aliphatic carbocycles. The molecule has 0 aromatic heterocycles. The second kappa shape index (κ2) is 4.95. The quantitative estimate of drug-likeness (QED) is 0.669. The molecule has 1 atom stereocenters. The van der Waals surface area contributed by atoms with Crippen LogP contribution in [-0.4, -0.2) is 5.78 Å². The van der Waals surface area contributed by atoms with Gasteiger partial charge in [0.2, 0.25) is 0 Å². The standard InChI is InChI=1S/C13H26O/c1-9(2)8-11(14)12(10(3)4)13(5,6)7/h9-10,12H,8H2,1-7H3. The van der Waals surface area contributed by atoms with Gasteiger partial charge in [-0.05, 0) is 17.3 Å². The molecule has 1 heteroatoms. The maximum atomic E-state index is 12.0. The number of ketones is 1. The van der Waals surface area contributed by atoms with Crippen LogP contribution in [0.15, 0.2) is 0 Å². The van der Waals surface area contributed by atoms with Gasteiger partial charge in [-0.15, -0.1) is 0 Å². The van der Waals surface area contributed by atoms with E-state index in [0.29, 0.717) is 17.6 Å². The predicted octanol–water partition coefficient (Wildman–Crippen LogP) is 3.92. The molecule has 0 rings (SSSR count). The summed E-state index contributed by atoms with van der Waals surface area (Å²) in [5.74, 6) is 1.56. The number of hydrogen-bond donors (Lipinski definition) is 0. The van der Waals surface area contributed by atoms with Crippen molar-refractivity contribution < 1.29 is 4.79 Å². The van der Waals surface area contributed by atoms with Crippen LogP contribution in [0.3, 0.4) is 0 Å². The van der Waals surface area contributed by atoms with Gasteiger partial charge in [-0.25, -0.2) is 0 Å². The molecule has 0 saturated heterocycles. The van der Waals surface area contributed by atoms with Gasteiger partial charge in [0.25, 0.3) is 0 Å². The Labute approximate surface area is 89.3 Å². The Balaban J connectivity index is 4.60. The minimum absolute atomic E-state index is 0.0974. The average molecular weight is 198 g/mol. The molecule has 0 amide bonds. The van der Waals surface area contributed by atoms with Gasteiger partial charge in [-0.1, -0.05) is 48.5 Å². The molecule has 0 aromatic rings. The highest BCUT2D eigenvalue weighted by molar-refractivity contribution is 5.82. The van der Waals surface area contributed by atoms with E-state index in [0.717, 1.165) is 6.42 Å². The third-order valence-electron chi connectivity index (χ3n) is 2.56. The summed E-state index contributed by atoms with van der Waals surface area (Å²) < 4.78 is 0. The lowest BCUT2D eigenvalue weighted by Crippen LogP contribution is -2.33. The Hall–Kier alpha value is -0.330. The van der Waals surface area contributed by atoms with Crippen LogP contribution in [0.2, 0.25) is 0 Å². The van der Waals surface area contributed by atoms with E-state index in [1.165, 1.54) is 0 Å². The lowest BCUT2D eigenvalue weighted by molar-refractivity contribution is -0.128. The summed E-state index contributed by atoms with van der Waals surface area (Å²) in [4.78, 5) is 12.0. The van der Waals surface area contributed by atoms with Crippen molar-refractivity contribution in [3.63, 3.8) is 0 Å². The highest BCUT2D eigenvalue weighted by Gasteiger charge is 2.33. The predicted molar refractivity (Wildman–Crippen MR) is 62.2 cm³/mol. The molecule has 0 saturated carbocycles. The van der Waals surface area contributed by atoms with Crippen molar-refractivity contribution in [1.82, 2.24) is 0 Å². The van der Waals surface area contributed by atoms with Gasteiger partial charge in [0, 0.05) is 12.3 Å². The molecule has 0 heterocycles. The number of carbonyl (C=O) groups excluding carboxylic acids is 1. The van der Waals surface area contributed by atoms with Crippen LogP contribution in [0, 0.1) is 23.2 Å². The Morgan fingerprint density at radius 1 is 1.07 bits per heavy atom. The molecule has 0 aromatic carbocycles. The summed E-state index contributed by atoms with van der Waals surface area (Å²) in [5.41, 5.74) is 0.0974. The topological polar surface area (TPSA) is 17.1 Å². The van der Waals surface area contributed by atoms with E-state index in [1.807, 2.05) is 0 Å².